The minimum Gasteiger partial charge on any atom is -0.341 e. The number of rotatable bonds is 4. The van der Waals surface area contributed by atoms with Crippen molar-refractivity contribution in [2.24, 2.45) is 16.7 Å². The van der Waals surface area contributed by atoms with Crippen LogP contribution in [0.5, 0.6) is 0 Å². The van der Waals surface area contributed by atoms with Gasteiger partial charge < -0.3 is 9.80 Å². The fraction of sp³-hybridized carbons (Fsp3) is 0.522. The maximum Gasteiger partial charge on any atom is 0.257 e. The molecule has 1 aromatic heterocycles. The first-order chi connectivity index (χ1) is 13.9. The number of hydrogen-bond donors (Lipinski definition) is 0. The molecule has 0 radical (unpaired) electrons. The van der Waals surface area contributed by atoms with Gasteiger partial charge in [-0.1, -0.05) is 44.2 Å². The molecule has 3 aliphatic rings. The molecular formula is C23H28N4O2. The molecule has 3 fully saturated rings. The molecule has 2 amide bonds. The van der Waals surface area contributed by atoms with Crippen LogP contribution < -0.4 is 0 Å². The van der Waals surface area contributed by atoms with Crippen LogP contribution in [0, 0.1) is 16.7 Å². The number of likely N-dealkylation sites (tertiary alicyclic amines) is 2. The fourth-order valence-electron chi connectivity index (χ4n) is 4.91. The molecule has 1 saturated carbocycles. The first-order valence-corrected chi connectivity index (χ1v) is 10.5. The van der Waals surface area contributed by atoms with Crippen molar-refractivity contribution >= 4 is 11.8 Å². The zero-order valence-electron chi connectivity index (χ0n) is 17.2. The first kappa shape index (κ1) is 18.4. The van der Waals surface area contributed by atoms with Crippen LogP contribution in [0.15, 0.2) is 42.7 Å². The van der Waals surface area contributed by atoms with Gasteiger partial charge in [-0.05, 0) is 23.8 Å². The number of carbonyl (C=O) groups excluding carboxylic acids is 2. The summed E-state index contributed by atoms with van der Waals surface area (Å²) in [6.07, 6.45) is 5.50. The number of hydrogen-bond acceptors (Lipinski definition) is 3. The third-order valence-electron chi connectivity index (χ3n) is 6.97. The Morgan fingerprint density at radius 2 is 1.79 bits per heavy atom. The van der Waals surface area contributed by atoms with Crippen LogP contribution in [0.25, 0.3) is 0 Å². The average molecular weight is 393 g/mol. The molecule has 1 aromatic carbocycles. The zero-order chi connectivity index (χ0) is 20.2. The van der Waals surface area contributed by atoms with E-state index in [1.807, 2.05) is 38.9 Å². The van der Waals surface area contributed by atoms with Crippen LogP contribution >= 0.6 is 0 Å². The highest BCUT2D eigenvalue weighted by Gasteiger charge is 2.57. The molecule has 2 saturated heterocycles. The standard InChI is InChI=1S/C23H28N4O2/c1-22(2)10-19(22)21(29)26-15-23(16-26)8-9-25(14-23)20(28)18-11-24-27(13-18)12-17-6-4-3-5-7-17/h3-7,11,13,19H,8-10,12,14-16H2,1-2H3. The molecule has 6 heteroatoms. The number of benzene rings is 1. The van der Waals surface area contributed by atoms with Crippen LogP contribution in [-0.4, -0.2) is 57.6 Å². The third-order valence-corrected chi connectivity index (χ3v) is 6.97. The van der Waals surface area contributed by atoms with Crippen LogP contribution in [-0.2, 0) is 11.3 Å². The Labute approximate surface area is 171 Å². The maximum absolute atomic E-state index is 13.0. The van der Waals surface area contributed by atoms with Crippen molar-refractivity contribution in [3.05, 3.63) is 53.9 Å². The van der Waals surface area contributed by atoms with E-state index in [0.29, 0.717) is 18.0 Å². The minimum atomic E-state index is 0.0503. The SMILES string of the molecule is CC1(C)CC1C(=O)N1CC2(CCN(C(=O)c3cnn(Cc4ccccc4)c3)C2)C1. The number of amides is 2. The largest absolute Gasteiger partial charge is 0.341 e. The van der Waals surface area contributed by atoms with E-state index < -0.39 is 0 Å². The fourth-order valence-corrected chi connectivity index (χ4v) is 4.91. The lowest BCUT2D eigenvalue weighted by Gasteiger charge is -2.48. The molecule has 0 bridgehead atoms. The summed E-state index contributed by atoms with van der Waals surface area (Å²) in [5.41, 5.74) is 2.08. The van der Waals surface area contributed by atoms with E-state index >= 15 is 0 Å². The highest BCUT2D eigenvalue weighted by Crippen LogP contribution is 2.54. The van der Waals surface area contributed by atoms with E-state index in [9.17, 15) is 9.59 Å². The average Bonchev–Trinajstić information content (AvgIpc) is 3.07. The second-order valence-corrected chi connectivity index (χ2v) is 9.83. The Balaban J connectivity index is 1.17. The van der Waals surface area contributed by atoms with Gasteiger partial charge in [-0.3, -0.25) is 14.3 Å². The molecule has 5 rings (SSSR count). The van der Waals surface area contributed by atoms with Crippen LogP contribution in [0.4, 0.5) is 0 Å². The lowest BCUT2D eigenvalue weighted by molar-refractivity contribution is -0.144. The van der Waals surface area contributed by atoms with Gasteiger partial charge in [-0.25, -0.2) is 0 Å². The van der Waals surface area contributed by atoms with Crippen molar-refractivity contribution in [1.29, 1.82) is 0 Å². The van der Waals surface area contributed by atoms with Gasteiger partial charge in [-0.2, -0.15) is 5.10 Å². The summed E-state index contributed by atoms with van der Waals surface area (Å²) in [4.78, 5) is 29.5. The number of carbonyl (C=O) groups is 2. The molecule has 1 unspecified atom stereocenters. The molecular weight excluding hydrogens is 364 g/mol. The maximum atomic E-state index is 13.0. The monoisotopic (exact) mass is 392 g/mol. The number of nitrogens with zero attached hydrogens (tertiary/aromatic N) is 4. The van der Waals surface area contributed by atoms with Crippen molar-refractivity contribution < 1.29 is 9.59 Å². The van der Waals surface area contributed by atoms with Gasteiger partial charge in [0.05, 0.1) is 18.3 Å². The van der Waals surface area contributed by atoms with E-state index in [4.69, 9.17) is 0 Å². The quantitative estimate of drug-likeness (QED) is 0.804. The topological polar surface area (TPSA) is 58.4 Å². The Hall–Kier alpha value is -2.63. The van der Waals surface area contributed by atoms with Gasteiger partial charge in [-0.15, -0.1) is 0 Å². The summed E-state index contributed by atoms with van der Waals surface area (Å²) < 4.78 is 1.82. The summed E-state index contributed by atoms with van der Waals surface area (Å²) in [6.45, 7) is 8.10. The van der Waals surface area contributed by atoms with Crippen LogP contribution in [0.2, 0.25) is 0 Å². The van der Waals surface area contributed by atoms with Crippen molar-refractivity contribution in [2.45, 2.75) is 33.2 Å². The molecule has 2 aliphatic heterocycles. The van der Waals surface area contributed by atoms with Gasteiger partial charge in [0, 0.05) is 43.7 Å². The van der Waals surface area contributed by atoms with Gasteiger partial charge in [0.25, 0.3) is 5.91 Å². The van der Waals surface area contributed by atoms with E-state index in [1.54, 1.807) is 6.20 Å². The van der Waals surface area contributed by atoms with Crippen molar-refractivity contribution in [2.75, 3.05) is 26.2 Å². The predicted octanol–water partition coefficient (Wildman–Crippen LogP) is 2.65. The third kappa shape index (κ3) is 3.34. The van der Waals surface area contributed by atoms with Crippen LogP contribution in [0.1, 0.15) is 42.6 Å². The van der Waals surface area contributed by atoms with E-state index in [2.05, 4.69) is 31.1 Å². The second kappa shape index (κ2) is 6.44. The molecule has 1 atom stereocenters. The van der Waals surface area contributed by atoms with Gasteiger partial charge >= 0.3 is 0 Å². The zero-order valence-corrected chi connectivity index (χ0v) is 17.2. The number of aromatic nitrogens is 2. The van der Waals surface area contributed by atoms with Crippen molar-refractivity contribution in [3.8, 4) is 0 Å². The summed E-state index contributed by atoms with van der Waals surface area (Å²) in [7, 11) is 0. The molecule has 29 heavy (non-hydrogen) atoms. The van der Waals surface area contributed by atoms with Crippen LogP contribution in [0.3, 0.4) is 0 Å². The lowest BCUT2D eigenvalue weighted by atomic mass is 9.78. The van der Waals surface area contributed by atoms with Gasteiger partial charge in [0.1, 0.15) is 0 Å². The summed E-state index contributed by atoms with van der Waals surface area (Å²) in [5.74, 6) is 0.566. The van der Waals surface area contributed by atoms with Crippen molar-refractivity contribution in [1.82, 2.24) is 19.6 Å². The van der Waals surface area contributed by atoms with E-state index in [0.717, 1.165) is 44.6 Å². The van der Waals surface area contributed by atoms with Crippen molar-refractivity contribution in [3.63, 3.8) is 0 Å². The lowest BCUT2D eigenvalue weighted by Crippen LogP contribution is -2.60. The summed E-state index contributed by atoms with van der Waals surface area (Å²) >= 11 is 0. The van der Waals surface area contributed by atoms with Gasteiger partial charge in [0.15, 0.2) is 0 Å². The highest BCUT2D eigenvalue weighted by molar-refractivity contribution is 5.94. The summed E-state index contributed by atoms with van der Waals surface area (Å²) in [6, 6.07) is 10.1. The molecule has 2 aromatic rings. The molecule has 3 heterocycles. The first-order valence-electron chi connectivity index (χ1n) is 10.5. The molecule has 1 spiro atoms. The summed E-state index contributed by atoms with van der Waals surface area (Å²) in [5, 5.41) is 4.37. The Morgan fingerprint density at radius 3 is 2.48 bits per heavy atom. The Bertz CT molecular complexity index is 943. The minimum absolute atomic E-state index is 0.0503. The molecule has 6 nitrogen and oxygen atoms in total. The smallest absolute Gasteiger partial charge is 0.257 e. The highest BCUT2D eigenvalue weighted by atomic mass is 16.2. The normalized spacial score (nSPS) is 23.9. The molecule has 0 N–H and O–H groups in total. The predicted molar refractivity (Wildman–Crippen MR) is 109 cm³/mol. The Morgan fingerprint density at radius 1 is 1.10 bits per heavy atom. The second-order valence-electron chi connectivity index (χ2n) is 9.83. The van der Waals surface area contributed by atoms with Gasteiger partial charge in [0.2, 0.25) is 5.91 Å². The van der Waals surface area contributed by atoms with E-state index in [-0.39, 0.29) is 22.7 Å². The molecule has 1 aliphatic carbocycles. The van der Waals surface area contributed by atoms with E-state index in [1.165, 1.54) is 0 Å². The molecule has 152 valence electrons. The Kier molecular flexibility index (Phi) is 4.09.